The second-order valence-electron chi connectivity index (χ2n) is 4.30. The highest BCUT2D eigenvalue weighted by molar-refractivity contribution is 9.10. The molecule has 1 heterocycles. The van der Waals surface area contributed by atoms with Crippen LogP contribution in [-0.2, 0) is 0 Å². The van der Waals surface area contributed by atoms with Crippen LogP contribution in [0.1, 0.15) is 31.6 Å². The summed E-state index contributed by atoms with van der Waals surface area (Å²) in [4.78, 5) is 4.43. The number of aromatic nitrogens is 2. The number of nitrogens with two attached hydrogens (primary N) is 1. The van der Waals surface area contributed by atoms with E-state index >= 15 is 0 Å². The molecule has 0 amide bonds. The number of benzene rings is 1. The Hall–Kier alpha value is -1.20. The van der Waals surface area contributed by atoms with Crippen molar-refractivity contribution in [2.75, 3.05) is 6.54 Å². The van der Waals surface area contributed by atoms with Crippen LogP contribution in [0.4, 0.5) is 0 Å². The zero-order valence-corrected chi connectivity index (χ0v) is 11.9. The van der Waals surface area contributed by atoms with E-state index in [0.717, 1.165) is 22.9 Å². The molecule has 18 heavy (non-hydrogen) atoms. The fraction of sp³-hybridized carbons (Fsp3) is 0.385. The monoisotopic (exact) mass is 309 g/mol. The summed E-state index contributed by atoms with van der Waals surface area (Å²) < 4.78 is 6.33. The van der Waals surface area contributed by atoms with Gasteiger partial charge >= 0.3 is 0 Å². The Morgan fingerprint density at radius 3 is 2.72 bits per heavy atom. The first-order valence-electron chi connectivity index (χ1n) is 6.00. The van der Waals surface area contributed by atoms with Gasteiger partial charge in [0.1, 0.15) is 0 Å². The van der Waals surface area contributed by atoms with Crippen LogP contribution in [0.25, 0.3) is 11.4 Å². The normalized spacial score (nSPS) is 12.6. The second-order valence-corrected chi connectivity index (χ2v) is 5.21. The van der Waals surface area contributed by atoms with E-state index in [2.05, 4.69) is 33.0 Å². The summed E-state index contributed by atoms with van der Waals surface area (Å²) in [5.74, 6) is 1.57. The zero-order valence-electron chi connectivity index (χ0n) is 10.3. The molecule has 0 bridgehead atoms. The van der Waals surface area contributed by atoms with Gasteiger partial charge in [-0.05, 0) is 43.7 Å². The molecule has 0 spiro atoms. The lowest BCUT2D eigenvalue weighted by Gasteiger charge is -2.03. The minimum atomic E-state index is 0.255. The van der Waals surface area contributed by atoms with Gasteiger partial charge in [0.15, 0.2) is 0 Å². The number of halogens is 1. The predicted molar refractivity (Wildman–Crippen MR) is 74.1 cm³/mol. The predicted octanol–water partition coefficient (Wildman–Crippen LogP) is 3.34. The van der Waals surface area contributed by atoms with Crippen molar-refractivity contribution in [2.45, 2.75) is 25.7 Å². The lowest BCUT2D eigenvalue weighted by atomic mass is 10.1. The van der Waals surface area contributed by atoms with E-state index in [0.29, 0.717) is 18.3 Å². The average molecular weight is 310 g/mol. The Balaban J connectivity index is 2.12. The minimum absolute atomic E-state index is 0.255. The fourth-order valence-electron chi connectivity index (χ4n) is 1.70. The lowest BCUT2D eigenvalue weighted by molar-refractivity contribution is 0.352. The molecule has 1 atom stereocenters. The van der Waals surface area contributed by atoms with Crippen LogP contribution in [-0.4, -0.2) is 16.7 Å². The third kappa shape index (κ3) is 3.17. The summed E-state index contributed by atoms with van der Waals surface area (Å²) in [5, 5.41) is 4.01. The standard InChI is InChI=1S/C13H16BrN3O/c1-9(3-2-8-15)13-16-12(17-18-13)10-4-6-11(14)7-5-10/h4-7,9H,2-3,8,15H2,1H3. The third-order valence-corrected chi connectivity index (χ3v) is 3.34. The van der Waals surface area contributed by atoms with Crippen molar-refractivity contribution in [2.24, 2.45) is 5.73 Å². The van der Waals surface area contributed by atoms with Crippen molar-refractivity contribution in [3.05, 3.63) is 34.6 Å². The Morgan fingerprint density at radius 1 is 1.33 bits per heavy atom. The zero-order chi connectivity index (χ0) is 13.0. The summed E-state index contributed by atoms with van der Waals surface area (Å²) in [7, 11) is 0. The number of rotatable bonds is 5. The molecule has 0 radical (unpaired) electrons. The lowest BCUT2D eigenvalue weighted by Crippen LogP contribution is -2.02. The van der Waals surface area contributed by atoms with Crippen LogP contribution in [0.5, 0.6) is 0 Å². The molecule has 2 rings (SSSR count). The molecule has 0 saturated carbocycles. The molecular formula is C13H16BrN3O. The van der Waals surface area contributed by atoms with E-state index in [4.69, 9.17) is 10.3 Å². The largest absolute Gasteiger partial charge is 0.339 e. The molecule has 0 aliphatic carbocycles. The van der Waals surface area contributed by atoms with Crippen LogP contribution in [0, 0.1) is 0 Å². The van der Waals surface area contributed by atoms with Gasteiger partial charge in [0.05, 0.1) is 0 Å². The summed E-state index contributed by atoms with van der Waals surface area (Å²) in [6.45, 7) is 2.77. The summed E-state index contributed by atoms with van der Waals surface area (Å²) in [6.07, 6.45) is 1.94. The Bertz CT molecular complexity index is 495. The maximum absolute atomic E-state index is 5.49. The molecule has 2 aromatic rings. The van der Waals surface area contributed by atoms with E-state index in [9.17, 15) is 0 Å². The molecule has 0 aliphatic heterocycles. The highest BCUT2D eigenvalue weighted by Gasteiger charge is 2.14. The summed E-state index contributed by atoms with van der Waals surface area (Å²) in [6, 6.07) is 7.85. The van der Waals surface area contributed by atoms with E-state index in [1.807, 2.05) is 24.3 Å². The highest BCUT2D eigenvalue weighted by atomic mass is 79.9. The Morgan fingerprint density at radius 2 is 2.06 bits per heavy atom. The first-order chi connectivity index (χ1) is 8.70. The van der Waals surface area contributed by atoms with Crippen molar-refractivity contribution in [1.29, 1.82) is 0 Å². The number of hydrogen-bond acceptors (Lipinski definition) is 4. The van der Waals surface area contributed by atoms with Crippen LogP contribution in [0.3, 0.4) is 0 Å². The van der Waals surface area contributed by atoms with Crippen molar-refractivity contribution >= 4 is 15.9 Å². The van der Waals surface area contributed by atoms with E-state index in [1.54, 1.807) is 0 Å². The molecule has 2 N–H and O–H groups in total. The van der Waals surface area contributed by atoms with Gasteiger partial charge in [-0.3, -0.25) is 0 Å². The molecule has 5 heteroatoms. The van der Waals surface area contributed by atoms with Gasteiger partial charge in [-0.1, -0.05) is 28.0 Å². The van der Waals surface area contributed by atoms with Gasteiger partial charge < -0.3 is 10.3 Å². The van der Waals surface area contributed by atoms with Crippen LogP contribution in [0.15, 0.2) is 33.3 Å². The average Bonchev–Trinajstić information content (AvgIpc) is 2.86. The molecule has 0 saturated heterocycles. The highest BCUT2D eigenvalue weighted by Crippen LogP contribution is 2.23. The molecule has 4 nitrogen and oxygen atoms in total. The smallest absolute Gasteiger partial charge is 0.229 e. The molecular weight excluding hydrogens is 294 g/mol. The second kappa shape index (κ2) is 6.11. The first kappa shape index (κ1) is 13.2. The van der Waals surface area contributed by atoms with Gasteiger partial charge in [-0.2, -0.15) is 4.98 Å². The van der Waals surface area contributed by atoms with Crippen LogP contribution < -0.4 is 5.73 Å². The van der Waals surface area contributed by atoms with E-state index in [1.165, 1.54) is 0 Å². The molecule has 1 aromatic carbocycles. The third-order valence-electron chi connectivity index (χ3n) is 2.81. The maximum Gasteiger partial charge on any atom is 0.229 e. The summed E-state index contributed by atoms with van der Waals surface area (Å²) >= 11 is 3.40. The molecule has 1 unspecified atom stereocenters. The van der Waals surface area contributed by atoms with E-state index in [-0.39, 0.29) is 5.92 Å². The quantitative estimate of drug-likeness (QED) is 0.920. The molecule has 1 aromatic heterocycles. The maximum atomic E-state index is 5.49. The van der Waals surface area contributed by atoms with Crippen molar-refractivity contribution in [1.82, 2.24) is 10.1 Å². The Labute approximate surface area is 115 Å². The topological polar surface area (TPSA) is 64.9 Å². The fourth-order valence-corrected chi connectivity index (χ4v) is 1.96. The number of hydrogen-bond donors (Lipinski definition) is 1. The van der Waals surface area contributed by atoms with Gasteiger partial charge in [-0.15, -0.1) is 0 Å². The first-order valence-corrected chi connectivity index (χ1v) is 6.79. The minimum Gasteiger partial charge on any atom is -0.339 e. The van der Waals surface area contributed by atoms with Crippen molar-refractivity contribution in [3.8, 4) is 11.4 Å². The van der Waals surface area contributed by atoms with Gasteiger partial charge in [0.25, 0.3) is 0 Å². The molecule has 0 aliphatic rings. The summed E-state index contributed by atoms with van der Waals surface area (Å²) in [5.41, 5.74) is 6.45. The van der Waals surface area contributed by atoms with Gasteiger partial charge in [0.2, 0.25) is 11.7 Å². The van der Waals surface area contributed by atoms with Crippen molar-refractivity contribution < 1.29 is 4.52 Å². The van der Waals surface area contributed by atoms with Gasteiger partial charge in [-0.25, -0.2) is 0 Å². The van der Waals surface area contributed by atoms with Gasteiger partial charge in [0, 0.05) is 16.0 Å². The van der Waals surface area contributed by atoms with Crippen LogP contribution >= 0.6 is 15.9 Å². The molecule has 0 fully saturated rings. The Kier molecular flexibility index (Phi) is 4.49. The van der Waals surface area contributed by atoms with Crippen molar-refractivity contribution in [3.63, 3.8) is 0 Å². The SMILES string of the molecule is CC(CCCN)c1nc(-c2ccc(Br)cc2)no1. The molecule has 96 valence electrons. The van der Waals surface area contributed by atoms with Crippen LogP contribution in [0.2, 0.25) is 0 Å². The number of nitrogens with zero attached hydrogens (tertiary/aromatic N) is 2. The van der Waals surface area contributed by atoms with E-state index < -0.39 is 0 Å².